The lowest BCUT2D eigenvalue weighted by Crippen LogP contribution is -2.30. The molecule has 3 aromatic rings. The number of nitrogens with zero attached hydrogens (tertiary/aromatic N) is 2. The SMILES string of the molecule is CC[C@@H](NC(=O)c1cc(C(=O)NCc2ccccc2C#N)n2c1COCC2)c1ccccc1. The van der Waals surface area contributed by atoms with Crippen molar-refractivity contribution in [1.29, 1.82) is 5.26 Å². The Balaban J connectivity index is 1.55. The van der Waals surface area contributed by atoms with E-state index >= 15 is 0 Å². The number of hydrogen-bond donors (Lipinski definition) is 2. The van der Waals surface area contributed by atoms with Crippen LogP contribution < -0.4 is 10.6 Å². The van der Waals surface area contributed by atoms with Crippen LogP contribution in [0.2, 0.25) is 0 Å². The molecule has 2 aromatic carbocycles. The highest BCUT2D eigenvalue weighted by atomic mass is 16.5. The van der Waals surface area contributed by atoms with E-state index < -0.39 is 0 Å². The average Bonchev–Trinajstić information content (AvgIpc) is 3.26. The van der Waals surface area contributed by atoms with Crippen molar-refractivity contribution in [3.63, 3.8) is 0 Å². The maximum atomic E-state index is 13.2. The Labute approximate surface area is 193 Å². The molecule has 7 nitrogen and oxygen atoms in total. The highest BCUT2D eigenvalue weighted by molar-refractivity contribution is 6.00. The minimum absolute atomic E-state index is 0.126. The van der Waals surface area contributed by atoms with Crippen molar-refractivity contribution in [3.05, 3.63) is 94.3 Å². The fourth-order valence-electron chi connectivity index (χ4n) is 4.10. The lowest BCUT2D eigenvalue weighted by Gasteiger charge is -2.20. The third kappa shape index (κ3) is 4.81. The largest absolute Gasteiger partial charge is 0.373 e. The summed E-state index contributed by atoms with van der Waals surface area (Å²) in [6, 6.07) is 20.6. The number of rotatable bonds is 7. The highest BCUT2D eigenvalue weighted by Crippen LogP contribution is 2.23. The first kappa shape index (κ1) is 22.3. The van der Waals surface area contributed by atoms with E-state index in [1.807, 2.05) is 54.0 Å². The van der Waals surface area contributed by atoms with Crippen molar-refractivity contribution < 1.29 is 14.3 Å². The molecule has 33 heavy (non-hydrogen) atoms. The lowest BCUT2D eigenvalue weighted by molar-refractivity contribution is 0.0776. The monoisotopic (exact) mass is 442 g/mol. The first-order chi connectivity index (χ1) is 16.1. The molecule has 168 valence electrons. The molecule has 0 unspecified atom stereocenters. The van der Waals surface area contributed by atoms with Gasteiger partial charge in [0.2, 0.25) is 0 Å². The normalized spacial score (nSPS) is 13.5. The van der Waals surface area contributed by atoms with Crippen molar-refractivity contribution in [1.82, 2.24) is 15.2 Å². The molecule has 1 aliphatic rings. The van der Waals surface area contributed by atoms with Gasteiger partial charge >= 0.3 is 0 Å². The van der Waals surface area contributed by atoms with E-state index in [1.54, 1.807) is 18.2 Å². The molecule has 0 bridgehead atoms. The standard InChI is InChI=1S/C26H26N4O3/c1-2-22(18-8-4-3-5-9-18)29-25(31)21-14-23(30-12-13-33-17-24(21)30)26(32)28-16-20-11-7-6-10-19(20)15-27/h3-11,14,22H,2,12-13,16-17H2,1H3,(H,28,32)(H,29,31)/t22-/m1/s1. The van der Waals surface area contributed by atoms with Gasteiger partial charge in [-0.15, -0.1) is 0 Å². The number of fused-ring (bicyclic) bond motifs is 1. The van der Waals surface area contributed by atoms with E-state index in [0.29, 0.717) is 35.7 Å². The smallest absolute Gasteiger partial charge is 0.268 e. The number of nitrogens with one attached hydrogen (secondary N) is 2. The molecule has 1 aliphatic heterocycles. The fraction of sp³-hybridized carbons (Fsp3) is 0.269. The summed E-state index contributed by atoms with van der Waals surface area (Å²) in [6.45, 7) is 3.49. The van der Waals surface area contributed by atoms with Crippen LogP contribution >= 0.6 is 0 Å². The minimum atomic E-state index is -0.292. The summed E-state index contributed by atoms with van der Waals surface area (Å²) in [4.78, 5) is 26.2. The summed E-state index contributed by atoms with van der Waals surface area (Å²) in [5.41, 5.74) is 3.87. The van der Waals surface area contributed by atoms with Gasteiger partial charge in [0.15, 0.2) is 0 Å². The Morgan fingerprint density at radius 1 is 1.12 bits per heavy atom. The molecule has 0 fully saturated rings. The molecule has 7 heteroatoms. The predicted octanol–water partition coefficient (Wildman–Crippen LogP) is 3.70. The molecule has 0 saturated heterocycles. The van der Waals surface area contributed by atoms with Crippen LogP contribution in [-0.4, -0.2) is 23.0 Å². The van der Waals surface area contributed by atoms with Crippen LogP contribution in [0.25, 0.3) is 0 Å². The molecule has 1 atom stereocenters. The number of aromatic nitrogens is 1. The van der Waals surface area contributed by atoms with Crippen molar-refractivity contribution in [2.75, 3.05) is 6.61 Å². The first-order valence-electron chi connectivity index (χ1n) is 11.0. The molecule has 1 aromatic heterocycles. The molecule has 2 amide bonds. The maximum absolute atomic E-state index is 13.2. The van der Waals surface area contributed by atoms with Crippen molar-refractivity contribution >= 4 is 11.8 Å². The van der Waals surface area contributed by atoms with Crippen molar-refractivity contribution in [2.45, 2.75) is 39.1 Å². The Hall–Kier alpha value is -3.89. The summed E-state index contributed by atoms with van der Waals surface area (Å²) in [7, 11) is 0. The average molecular weight is 443 g/mol. The van der Waals surface area contributed by atoms with E-state index in [-0.39, 0.29) is 31.0 Å². The topological polar surface area (TPSA) is 96.2 Å². The highest BCUT2D eigenvalue weighted by Gasteiger charge is 2.27. The van der Waals surface area contributed by atoms with Crippen LogP contribution in [0.5, 0.6) is 0 Å². The fourth-order valence-corrected chi connectivity index (χ4v) is 4.10. The van der Waals surface area contributed by atoms with Crippen LogP contribution in [0.15, 0.2) is 60.7 Å². The zero-order valence-corrected chi connectivity index (χ0v) is 18.5. The van der Waals surface area contributed by atoms with E-state index in [2.05, 4.69) is 16.7 Å². The quantitative estimate of drug-likeness (QED) is 0.583. The van der Waals surface area contributed by atoms with Crippen LogP contribution in [0.4, 0.5) is 0 Å². The molecule has 2 N–H and O–H groups in total. The molecule has 0 aliphatic carbocycles. The summed E-state index contributed by atoms with van der Waals surface area (Å²) in [5.74, 6) is -0.520. The van der Waals surface area contributed by atoms with Gasteiger partial charge in [0.1, 0.15) is 5.69 Å². The zero-order valence-electron chi connectivity index (χ0n) is 18.5. The molecule has 2 heterocycles. The molecule has 4 rings (SSSR count). The van der Waals surface area contributed by atoms with Gasteiger partial charge in [-0.05, 0) is 29.7 Å². The number of ether oxygens (including phenoxy) is 1. The van der Waals surface area contributed by atoms with E-state index in [9.17, 15) is 14.9 Å². The Morgan fingerprint density at radius 3 is 2.64 bits per heavy atom. The summed E-state index contributed by atoms with van der Waals surface area (Å²) in [6.07, 6.45) is 0.744. The lowest BCUT2D eigenvalue weighted by atomic mass is 10.0. The maximum Gasteiger partial charge on any atom is 0.268 e. The van der Waals surface area contributed by atoms with Gasteiger partial charge in [0.05, 0.1) is 42.1 Å². The number of amides is 2. The predicted molar refractivity (Wildman–Crippen MR) is 123 cm³/mol. The van der Waals surface area contributed by atoms with Gasteiger partial charge < -0.3 is 19.9 Å². The summed E-state index contributed by atoms with van der Waals surface area (Å²) in [5, 5.41) is 15.3. The Kier molecular flexibility index (Phi) is 6.86. The van der Waals surface area contributed by atoms with Gasteiger partial charge in [-0.3, -0.25) is 9.59 Å². The summed E-state index contributed by atoms with van der Waals surface area (Å²) < 4.78 is 7.44. The second-order valence-electron chi connectivity index (χ2n) is 7.89. The second kappa shape index (κ2) is 10.2. The zero-order chi connectivity index (χ0) is 23.2. The van der Waals surface area contributed by atoms with Gasteiger partial charge in [0, 0.05) is 13.1 Å². The van der Waals surface area contributed by atoms with Crippen molar-refractivity contribution in [2.24, 2.45) is 0 Å². The molecular weight excluding hydrogens is 416 g/mol. The van der Waals surface area contributed by atoms with E-state index in [1.165, 1.54) is 0 Å². The van der Waals surface area contributed by atoms with Crippen LogP contribution in [0.1, 0.15) is 62.6 Å². The van der Waals surface area contributed by atoms with Gasteiger partial charge in [-0.2, -0.15) is 5.26 Å². The van der Waals surface area contributed by atoms with Crippen LogP contribution in [0.3, 0.4) is 0 Å². The third-order valence-electron chi connectivity index (χ3n) is 5.88. The van der Waals surface area contributed by atoms with Crippen LogP contribution in [-0.2, 0) is 24.4 Å². The Morgan fingerprint density at radius 2 is 1.88 bits per heavy atom. The third-order valence-corrected chi connectivity index (χ3v) is 5.88. The first-order valence-corrected chi connectivity index (χ1v) is 11.0. The minimum Gasteiger partial charge on any atom is -0.373 e. The molecule has 0 spiro atoms. The number of carbonyl (C=O) groups excluding carboxylic acids is 2. The molecular formula is C26H26N4O3. The van der Waals surface area contributed by atoms with Gasteiger partial charge in [-0.25, -0.2) is 0 Å². The van der Waals surface area contributed by atoms with Crippen molar-refractivity contribution in [3.8, 4) is 6.07 Å². The van der Waals surface area contributed by atoms with Gasteiger partial charge in [0.25, 0.3) is 11.8 Å². The van der Waals surface area contributed by atoms with Gasteiger partial charge in [-0.1, -0.05) is 55.5 Å². The second-order valence-corrected chi connectivity index (χ2v) is 7.89. The van der Waals surface area contributed by atoms with E-state index in [4.69, 9.17) is 4.74 Å². The molecule has 0 radical (unpaired) electrons. The van der Waals surface area contributed by atoms with E-state index in [0.717, 1.165) is 17.5 Å². The van der Waals surface area contributed by atoms with Crippen LogP contribution in [0, 0.1) is 11.3 Å². The summed E-state index contributed by atoms with van der Waals surface area (Å²) >= 11 is 0. The number of nitriles is 1. The Bertz CT molecular complexity index is 1190. The number of carbonyl (C=O) groups is 2. The number of hydrogen-bond acceptors (Lipinski definition) is 4. The number of benzene rings is 2. The molecule has 0 saturated carbocycles.